The summed E-state index contributed by atoms with van der Waals surface area (Å²) in [6.45, 7) is 5.01. The first-order valence-corrected chi connectivity index (χ1v) is 14.6. The van der Waals surface area contributed by atoms with Crippen LogP contribution in [-0.2, 0) is 19.6 Å². The van der Waals surface area contributed by atoms with Crippen molar-refractivity contribution in [3.63, 3.8) is 0 Å². The molecule has 0 fully saturated rings. The molecule has 4 aromatic rings. The lowest BCUT2D eigenvalue weighted by molar-refractivity contribution is -0.119. The predicted octanol–water partition coefficient (Wildman–Crippen LogP) is 4.97. The van der Waals surface area contributed by atoms with Crippen LogP contribution in [0.2, 0.25) is 0 Å². The molecule has 0 heterocycles. The fourth-order valence-corrected chi connectivity index (χ4v) is 5.48. The van der Waals surface area contributed by atoms with Gasteiger partial charge in [0.2, 0.25) is 0 Å². The molecular weight excluding hydrogens is 552 g/mol. The number of hydrogen-bond acceptors (Lipinski definition) is 6. The number of hydrazone groups is 1. The third-order valence-electron chi connectivity index (χ3n) is 6.24. The average molecular weight is 585 g/mol. The molecule has 0 radical (unpaired) electrons. The number of aryl methyl sites for hydroxylation is 3. The first kappa shape index (κ1) is 30.0. The number of sulfonamides is 1. The minimum atomic E-state index is -4.02. The lowest BCUT2D eigenvalue weighted by atomic mass is 10.1. The Labute approximate surface area is 245 Å². The zero-order valence-corrected chi connectivity index (χ0v) is 24.4. The Bertz CT molecular complexity index is 1670. The highest BCUT2D eigenvalue weighted by Gasteiger charge is 2.28. The number of ether oxygens (including phenoxy) is 1. The quantitative estimate of drug-likeness (QED) is 0.191. The van der Waals surface area contributed by atoms with Crippen LogP contribution in [0, 0.1) is 20.8 Å². The average Bonchev–Trinajstić information content (AvgIpc) is 2.98. The summed E-state index contributed by atoms with van der Waals surface area (Å²) in [6, 6.07) is 27.7. The van der Waals surface area contributed by atoms with Crippen LogP contribution in [0.25, 0.3) is 0 Å². The van der Waals surface area contributed by atoms with Crippen LogP contribution in [0.5, 0.6) is 5.75 Å². The van der Waals surface area contributed by atoms with E-state index >= 15 is 0 Å². The van der Waals surface area contributed by atoms with Crippen molar-refractivity contribution in [2.75, 3.05) is 22.8 Å². The summed E-state index contributed by atoms with van der Waals surface area (Å²) < 4.78 is 33.7. The first-order valence-electron chi connectivity index (χ1n) is 13.2. The molecule has 0 aliphatic carbocycles. The first-order chi connectivity index (χ1) is 20.1. The van der Waals surface area contributed by atoms with Gasteiger partial charge in [-0.3, -0.25) is 13.9 Å². The minimum absolute atomic E-state index is 0.0807. The molecule has 0 saturated heterocycles. The molecule has 9 nitrogen and oxygen atoms in total. The molecule has 0 aliphatic rings. The number of carbonyl (C=O) groups is 2. The molecular formula is C32H32N4O5S. The number of rotatable bonds is 11. The van der Waals surface area contributed by atoms with Gasteiger partial charge in [-0.05, 0) is 92.1 Å². The molecule has 0 saturated carbocycles. The van der Waals surface area contributed by atoms with Gasteiger partial charge in [-0.15, -0.1) is 0 Å². The van der Waals surface area contributed by atoms with Gasteiger partial charge in [0, 0.05) is 5.69 Å². The monoisotopic (exact) mass is 584 g/mol. The van der Waals surface area contributed by atoms with Crippen LogP contribution in [-0.4, -0.2) is 39.6 Å². The molecule has 0 aromatic heterocycles. The number of nitrogens with zero attached hydrogens (tertiary/aromatic N) is 2. The predicted molar refractivity (Wildman–Crippen MR) is 164 cm³/mol. The second kappa shape index (κ2) is 13.6. The summed E-state index contributed by atoms with van der Waals surface area (Å²) in [4.78, 5) is 25.1. The van der Waals surface area contributed by atoms with E-state index in [4.69, 9.17) is 4.74 Å². The van der Waals surface area contributed by atoms with Crippen LogP contribution in [0.15, 0.2) is 107 Å². The van der Waals surface area contributed by atoms with Gasteiger partial charge in [-0.2, -0.15) is 5.10 Å². The molecule has 4 aromatic carbocycles. The standard InChI is InChI=1S/C32H32N4O5S/c1-23-10-15-27(16-11-23)34-32(38)22-41-28-17-13-26(14-18-28)20-33-35-31(37)21-36(30-19-24(2)9-12-25(30)3)42(39,40)29-7-5-4-6-8-29/h4-20H,21-22H2,1-3H3,(H,34,38)(H,35,37)/b33-20+. The maximum absolute atomic E-state index is 13.5. The van der Waals surface area contributed by atoms with Gasteiger partial charge >= 0.3 is 0 Å². The van der Waals surface area contributed by atoms with Crippen LogP contribution < -0.4 is 19.8 Å². The van der Waals surface area contributed by atoms with Crippen molar-refractivity contribution in [3.05, 3.63) is 119 Å². The summed E-state index contributed by atoms with van der Waals surface area (Å²) in [6.07, 6.45) is 1.43. The summed E-state index contributed by atoms with van der Waals surface area (Å²) in [5.74, 6) is -0.395. The molecule has 4 rings (SSSR count). The Morgan fingerprint density at radius 2 is 1.50 bits per heavy atom. The van der Waals surface area contributed by atoms with Crippen molar-refractivity contribution in [1.82, 2.24) is 5.43 Å². The second-order valence-electron chi connectivity index (χ2n) is 9.68. The molecule has 42 heavy (non-hydrogen) atoms. The van der Waals surface area contributed by atoms with E-state index in [9.17, 15) is 18.0 Å². The van der Waals surface area contributed by atoms with Crippen LogP contribution in [0.1, 0.15) is 22.3 Å². The van der Waals surface area contributed by atoms with E-state index in [1.165, 1.54) is 18.3 Å². The molecule has 216 valence electrons. The van der Waals surface area contributed by atoms with Gasteiger partial charge in [0.25, 0.3) is 21.8 Å². The van der Waals surface area contributed by atoms with Crippen molar-refractivity contribution in [3.8, 4) is 5.75 Å². The molecule has 0 atom stereocenters. The third-order valence-corrected chi connectivity index (χ3v) is 8.01. The van der Waals surface area contributed by atoms with Crippen molar-refractivity contribution in [1.29, 1.82) is 0 Å². The van der Waals surface area contributed by atoms with Crippen molar-refractivity contribution in [2.24, 2.45) is 5.10 Å². The Morgan fingerprint density at radius 3 is 2.19 bits per heavy atom. The largest absolute Gasteiger partial charge is 0.484 e. The fraction of sp³-hybridized carbons (Fsp3) is 0.156. The topological polar surface area (TPSA) is 117 Å². The zero-order chi connectivity index (χ0) is 30.1. The number of amides is 2. The zero-order valence-electron chi connectivity index (χ0n) is 23.6. The Morgan fingerprint density at radius 1 is 0.833 bits per heavy atom. The summed E-state index contributed by atoms with van der Waals surface area (Å²) >= 11 is 0. The van der Waals surface area contributed by atoms with Gasteiger partial charge < -0.3 is 10.1 Å². The molecule has 0 spiro atoms. The van der Waals surface area contributed by atoms with Crippen molar-refractivity contribution < 1.29 is 22.7 Å². The van der Waals surface area contributed by atoms with Gasteiger partial charge in [0.15, 0.2) is 6.61 Å². The summed E-state index contributed by atoms with van der Waals surface area (Å²) in [5.41, 5.74) is 6.86. The highest BCUT2D eigenvalue weighted by Crippen LogP contribution is 2.27. The molecule has 2 amide bonds. The fourth-order valence-electron chi connectivity index (χ4n) is 3.99. The Kier molecular flexibility index (Phi) is 9.72. The van der Waals surface area contributed by atoms with Crippen LogP contribution in [0.3, 0.4) is 0 Å². The summed E-state index contributed by atoms with van der Waals surface area (Å²) in [5, 5.41) is 6.76. The second-order valence-corrected chi connectivity index (χ2v) is 11.5. The number of hydrogen-bond donors (Lipinski definition) is 2. The number of nitrogens with one attached hydrogen (secondary N) is 2. The van der Waals surface area contributed by atoms with Gasteiger partial charge in [0.05, 0.1) is 16.8 Å². The number of anilines is 2. The maximum atomic E-state index is 13.5. The highest BCUT2D eigenvalue weighted by atomic mass is 32.2. The number of carbonyl (C=O) groups excluding carboxylic acids is 2. The van der Waals surface area contributed by atoms with Crippen molar-refractivity contribution >= 4 is 39.4 Å². The van der Waals surface area contributed by atoms with Crippen molar-refractivity contribution in [2.45, 2.75) is 25.7 Å². The van der Waals surface area contributed by atoms with E-state index in [0.717, 1.165) is 15.4 Å². The summed E-state index contributed by atoms with van der Waals surface area (Å²) in [7, 11) is -4.02. The third kappa shape index (κ3) is 8.05. The van der Waals surface area contributed by atoms with Crippen LogP contribution in [0.4, 0.5) is 11.4 Å². The van der Waals surface area contributed by atoms with E-state index < -0.39 is 22.5 Å². The van der Waals surface area contributed by atoms with E-state index in [1.807, 2.05) is 50.2 Å². The number of benzene rings is 4. The van der Waals surface area contributed by atoms with E-state index in [1.54, 1.807) is 55.5 Å². The molecule has 0 aliphatic heterocycles. The van der Waals surface area contributed by atoms with E-state index in [0.29, 0.717) is 28.3 Å². The van der Waals surface area contributed by atoms with Gasteiger partial charge in [0.1, 0.15) is 12.3 Å². The lowest BCUT2D eigenvalue weighted by Crippen LogP contribution is -2.40. The van der Waals surface area contributed by atoms with E-state index in [-0.39, 0.29) is 17.4 Å². The smallest absolute Gasteiger partial charge is 0.264 e. The molecule has 10 heteroatoms. The maximum Gasteiger partial charge on any atom is 0.264 e. The Balaban J connectivity index is 1.36. The normalized spacial score (nSPS) is 11.2. The van der Waals surface area contributed by atoms with Gasteiger partial charge in [-0.1, -0.05) is 48.0 Å². The van der Waals surface area contributed by atoms with E-state index in [2.05, 4.69) is 15.8 Å². The minimum Gasteiger partial charge on any atom is -0.484 e. The van der Waals surface area contributed by atoms with Crippen LogP contribution >= 0.6 is 0 Å². The molecule has 0 unspecified atom stereocenters. The van der Waals surface area contributed by atoms with Gasteiger partial charge in [-0.25, -0.2) is 13.8 Å². The molecule has 2 N–H and O–H groups in total. The Hall–Kier alpha value is -4.96. The SMILES string of the molecule is Cc1ccc(NC(=O)COc2ccc(/C=N/NC(=O)CN(c3cc(C)ccc3C)S(=O)(=O)c3ccccc3)cc2)cc1. The molecule has 0 bridgehead atoms. The highest BCUT2D eigenvalue weighted by molar-refractivity contribution is 7.92. The lowest BCUT2D eigenvalue weighted by Gasteiger charge is -2.25.